The highest BCUT2D eigenvalue weighted by Gasteiger charge is 2.33. The van der Waals surface area contributed by atoms with Gasteiger partial charge in [0.25, 0.3) is 0 Å². The molecule has 1 amide bonds. The second-order valence-electron chi connectivity index (χ2n) is 5.73. The predicted molar refractivity (Wildman–Crippen MR) is 105 cm³/mol. The smallest absolute Gasteiger partial charge is 0.325 e. The number of carbonyl (C=O) groups excluding carboxylic acids is 1. The Hall–Kier alpha value is -2.33. The van der Waals surface area contributed by atoms with E-state index in [9.17, 15) is 18.0 Å². The summed E-state index contributed by atoms with van der Waals surface area (Å²) in [6.07, 6.45) is -4.54. The molecule has 0 saturated carbocycles. The summed E-state index contributed by atoms with van der Waals surface area (Å²) >= 11 is 4.54. The van der Waals surface area contributed by atoms with Gasteiger partial charge in [-0.2, -0.15) is 13.2 Å². The maximum absolute atomic E-state index is 13.0. The monoisotopic (exact) mass is 470 g/mol. The van der Waals surface area contributed by atoms with Gasteiger partial charge < -0.3 is 9.88 Å². The van der Waals surface area contributed by atoms with Crippen molar-refractivity contribution in [1.29, 1.82) is 0 Å². The lowest BCUT2D eigenvalue weighted by Gasteiger charge is -2.13. The number of anilines is 1. The maximum Gasteiger partial charge on any atom is 0.418 e. The molecule has 3 aromatic rings. The molecule has 5 nitrogen and oxygen atoms in total. The second-order valence-corrected chi connectivity index (χ2v) is 7.52. The van der Waals surface area contributed by atoms with Crippen molar-refractivity contribution in [3.63, 3.8) is 0 Å². The van der Waals surface area contributed by atoms with Crippen LogP contribution in [0.3, 0.4) is 0 Å². The van der Waals surface area contributed by atoms with Crippen molar-refractivity contribution in [2.24, 2.45) is 7.05 Å². The number of nitrogens with one attached hydrogen (secondary N) is 1. The van der Waals surface area contributed by atoms with E-state index in [1.165, 1.54) is 18.2 Å². The second kappa shape index (κ2) is 8.36. The Labute approximate surface area is 171 Å². The molecule has 0 radical (unpaired) electrons. The van der Waals surface area contributed by atoms with Crippen LogP contribution in [-0.4, -0.2) is 26.4 Å². The molecular weight excluding hydrogens is 457 g/mol. The number of para-hydroxylation sites is 1. The molecule has 0 aliphatic heterocycles. The Morgan fingerprint density at radius 2 is 1.82 bits per heavy atom. The number of aromatic nitrogens is 3. The fraction of sp³-hybridized carbons (Fsp3) is 0.167. The highest BCUT2D eigenvalue weighted by Crippen LogP contribution is 2.34. The highest BCUT2D eigenvalue weighted by molar-refractivity contribution is 9.10. The van der Waals surface area contributed by atoms with Gasteiger partial charge in [-0.15, -0.1) is 10.2 Å². The summed E-state index contributed by atoms with van der Waals surface area (Å²) < 4.78 is 41.6. The zero-order valence-corrected chi connectivity index (χ0v) is 16.9. The van der Waals surface area contributed by atoms with E-state index in [1.807, 2.05) is 24.3 Å². The van der Waals surface area contributed by atoms with E-state index < -0.39 is 17.6 Å². The summed E-state index contributed by atoms with van der Waals surface area (Å²) in [6, 6.07) is 12.4. The minimum Gasteiger partial charge on any atom is -0.325 e. The molecule has 0 spiro atoms. The van der Waals surface area contributed by atoms with Gasteiger partial charge >= 0.3 is 6.18 Å². The van der Waals surface area contributed by atoms with Crippen LogP contribution in [0, 0.1) is 0 Å². The third kappa shape index (κ3) is 4.56. The zero-order chi connectivity index (χ0) is 20.3. The van der Waals surface area contributed by atoms with Gasteiger partial charge in [-0.05, 0) is 18.2 Å². The molecule has 0 saturated heterocycles. The van der Waals surface area contributed by atoms with Gasteiger partial charge in [0.1, 0.15) is 0 Å². The molecule has 1 aromatic heterocycles. The van der Waals surface area contributed by atoms with Crippen molar-refractivity contribution in [2.75, 3.05) is 11.1 Å². The number of amides is 1. The molecule has 10 heteroatoms. The van der Waals surface area contributed by atoms with E-state index in [2.05, 4.69) is 31.4 Å². The van der Waals surface area contributed by atoms with Crippen LogP contribution >= 0.6 is 27.7 Å². The first-order valence-electron chi connectivity index (χ1n) is 8.00. The van der Waals surface area contributed by atoms with Crippen LogP contribution in [0.4, 0.5) is 18.9 Å². The molecule has 0 atom stereocenters. The number of thioether (sulfide) groups is 1. The molecule has 146 valence electrons. The first-order chi connectivity index (χ1) is 13.3. The van der Waals surface area contributed by atoms with Crippen LogP contribution in [0.25, 0.3) is 11.4 Å². The van der Waals surface area contributed by atoms with Crippen LogP contribution in [-0.2, 0) is 18.0 Å². The standard InChI is InChI=1S/C18H14BrF3N4OS/c1-26-16(11-6-2-4-8-13(11)19)24-25-17(26)28-10-15(27)23-14-9-5-3-7-12(14)18(20,21)22/h2-9H,10H2,1H3,(H,23,27). The lowest BCUT2D eigenvalue weighted by Crippen LogP contribution is -2.18. The van der Waals surface area contributed by atoms with Crippen LogP contribution in [0.5, 0.6) is 0 Å². The minimum atomic E-state index is -4.54. The normalized spacial score (nSPS) is 11.5. The number of carbonyl (C=O) groups is 1. The molecule has 1 N–H and O–H groups in total. The van der Waals surface area contributed by atoms with Gasteiger partial charge in [0.2, 0.25) is 5.91 Å². The predicted octanol–water partition coefficient (Wildman–Crippen LogP) is 4.99. The Kier molecular flexibility index (Phi) is 6.09. The van der Waals surface area contributed by atoms with E-state index in [4.69, 9.17) is 0 Å². The van der Waals surface area contributed by atoms with Crippen LogP contribution in [0.1, 0.15) is 5.56 Å². The highest BCUT2D eigenvalue weighted by atomic mass is 79.9. The third-order valence-electron chi connectivity index (χ3n) is 3.79. The van der Waals surface area contributed by atoms with E-state index >= 15 is 0 Å². The molecule has 0 fully saturated rings. The molecule has 0 aliphatic carbocycles. The molecule has 0 aliphatic rings. The quantitative estimate of drug-likeness (QED) is 0.533. The fourth-order valence-corrected chi connectivity index (χ4v) is 3.65. The number of rotatable bonds is 5. The lowest BCUT2D eigenvalue weighted by atomic mass is 10.1. The van der Waals surface area contributed by atoms with Crippen molar-refractivity contribution < 1.29 is 18.0 Å². The fourth-order valence-electron chi connectivity index (χ4n) is 2.47. The largest absolute Gasteiger partial charge is 0.418 e. The summed E-state index contributed by atoms with van der Waals surface area (Å²) in [5.74, 6) is -0.0568. The van der Waals surface area contributed by atoms with Gasteiger partial charge in [-0.1, -0.05) is 58.0 Å². The van der Waals surface area contributed by atoms with Gasteiger partial charge in [0, 0.05) is 17.1 Å². The molecule has 2 aromatic carbocycles. The van der Waals surface area contributed by atoms with Gasteiger partial charge in [-0.3, -0.25) is 4.79 Å². The summed E-state index contributed by atoms with van der Waals surface area (Å²) in [7, 11) is 1.76. The van der Waals surface area contributed by atoms with Gasteiger partial charge in [0.15, 0.2) is 11.0 Å². The average molecular weight is 471 g/mol. The Bertz CT molecular complexity index is 1010. The van der Waals surface area contributed by atoms with Crippen LogP contribution in [0.2, 0.25) is 0 Å². The van der Waals surface area contributed by atoms with Crippen molar-refractivity contribution in [3.05, 3.63) is 58.6 Å². The third-order valence-corrected chi connectivity index (χ3v) is 5.50. The summed E-state index contributed by atoms with van der Waals surface area (Å²) in [5, 5.41) is 11.0. The summed E-state index contributed by atoms with van der Waals surface area (Å²) in [4.78, 5) is 12.1. The van der Waals surface area contributed by atoms with Crippen LogP contribution < -0.4 is 5.32 Å². The van der Waals surface area contributed by atoms with E-state index in [-0.39, 0.29) is 11.4 Å². The molecular formula is C18H14BrF3N4OS. The SMILES string of the molecule is Cn1c(SCC(=O)Nc2ccccc2C(F)(F)F)nnc1-c1ccccc1Br. The van der Waals surface area contributed by atoms with E-state index in [1.54, 1.807) is 11.6 Å². The van der Waals surface area contributed by atoms with E-state index in [0.717, 1.165) is 27.9 Å². The Morgan fingerprint density at radius 3 is 2.54 bits per heavy atom. The minimum absolute atomic E-state index is 0.103. The Morgan fingerprint density at radius 1 is 1.14 bits per heavy atom. The Balaban J connectivity index is 1.69. The van der Waals surface area contributed by atoms with Crippen molar-refractivity contribution in [3.8, 4) is 11.4 Å². The van der Waals surface area contributed by atoms with Crippen molar-refractivity contribution >= 4 is 39.3 Å². The maximum atomic E-state index is 13.0. The first-order valence-corrected chi connectivity index (χ1v) is 9.78. The number of hydrogen-bond acceptors (Lipinski definition) is 4. The van der Waals surface area contributed by atoms with Gasteiger partial charge in [0.05, 0.1) is 17.0 Å². The summed E-state index contributed by atoms with van der Waals surface area (Å²) in [6.45, 7) is 0. The zero-order valence-electron chi connectivity index (χ0n) is 14.5. The molecule has 28 heavy (non-hydrogen) atoms. The van der Waals surface area contributed by atoms with Gasteiger partial charge in [-0.25, -0.2) is 0 Å². The van der Waals surface area contributed by atoms with Crippen molar-refractivity contribution in [1.82, 2.24) is 14.8 Å². The number of benzene rings is 2. The summed E-state index contributed by atoms with van der Waals surface area (Å²) in [5.41, 5.74) is -0.316. The number of hydrogen-bond donors (Lipinski definition) is 1. The molecule has 1 heterocycles. The topological polar surface area (TPSA) is 59.8 Å². The number of alkyl halides is 3. The lowest BCUT2D eigenvalue weighted by molar-refractivity contribution is -0.137. The molecule has 0 bridgehead atoms. The first kappa shape index (κ1) is 20.4. The average Bonchev–Trinajstić information content (AvgIpc) is 3.00. The van der Waals surface area contributed by atoms with Crippen LogP contribution in [0.15, 0.2) is 58.2 Å². The van der Waals surface area contributed by atoms with E-state index in [0.29, 0.717) is 11.0 Å². The van der Waals surface area contributed by atoms with Crippen molar-refractivity contribution in [2.45, 2.75) is 11.3 Å². The molecule has 3 rings (SSSR count). The number of halogens is 4. The number of nitrogens with zero attached hydrogens (tertiary/aromatic N) is 3. The molecule has 0 unspecified atom stereocenters.